The quantitative estimate of drug-likeness (QED) is 0.820. The van der Waals surface area contributed by atoms with E-state index in [4.69, 9.17) is 0 Å². The van der Waals surface area contributed by atoms with Crippen molar-refractivity contribution in [2.75, 3.05) is 18.4 Å². The zero-order chi connectivity index (χ0) is 15.4. The van der Waals surface area contributed by atoms with E-state index in [0.717, 1.165) is 36.3 Å². The second kappa shape index (κ2) is 6.97. The third-order valence-corrected chi connectivity index (χ3v) is 4.01. The Morgan fingerprint density at radius 1 is 1.38 bits per heavy atom. The van der Waals surface area contributed by atoms with E-state index in [1.165, 1.54) is 12.8 Å². The van der Waals surface area contributed by atoms with E-state index in [2.05, 4.69) is 32.2 Å². The van der Waals surface area contributed by atoms with Gasteiger partial charge in [-0.1, -0.05) is 18.6 Å². The number of nitrogens with one attached hydrogen (secondary N) is 1. The summed E-state index contributed by atoms with van der Waals surface area (Å²) < 4.78 is 0. The van der Waals surface area contributed by atoms with Crippen LogP contribution in [0.1, 0.15) is 56.0 Å². The average molecular weight is 288 g/mol. The number of carbonyl (C=O) groups excluding carboxylic acids is 1. The molecule has 0 unspecified atom stereocenters. The van der Waals surface area contributed by atoms with E-state index in [9.17, 15) is 4.79 Å². The second-order valence-electron chi connectivity index (χ2n) is 6.47. The second-order valence-corrected chi connectivity index (χ2v) is 6.47. The first kappa shape index (κ1) is 15.9. The molecule has 1 aliphatic rings. The fourth-order valence-electron chi connectivity index (χ4n) is 2.51. The minimum Gasteiger partial charge on any atom is -0.384 e. The van der Waals surface area contributed by atoms with E-state index in [1.807, 2.05) is 24.0 Å². The van der Waals surface area contributed by atoms with Gasteiger partial charge < -0.3 is 10.2 Å². The van der Waals surface area contributed by atoms with Crippen LogP contribution >= 0.6 is 0 Å². The zero-order valence-electron chi connectivity index (χ0n) is 13.8. The summed E-state index contributed by atoms with van der Waals surface area (Å²) in [5, 5.41) is 3.39. The molecule has 0 spiro atoms. The van der Waals surface area contributed by atoms with Crippen molar-refractivity contribution in [3.05, 3.63) is 29.3 Å². The van der Waals surface area contributed by atoms with Gasteiger partial charge in [-0.3, -0.25) is 4.79 Å². The summed E-state index contributed by atoms with van der Waals surface area (Å²) in [7, 11) is 0. The molecular weight excluding hydrogens is 260 g/mol. The van der Waals surface area contributed by atoms with Crippen molar-refractivity contribution in [1.82, 2.24) is 4.90 Å². The molecule has 3 nitrogen and oxygen atoms in total. The number of amides is 1. The third kappa shape index (κ3) is 4.23. The molecule has 2 rings (SSSR count). The molecule has 0 aliphatic heterocycles. The molecule has 1 aromatic rings. The van der Waals surface area contributed by atoms with Crippen molar-refractivity contribution in [1.29, 1.82) is 0 Å². The highest BCUT2D eigenvalue weighted by Crippen LogP contribution is 2.31. The number of benzene rings is 1. The van der Waals surface area contributed by atoms with Crippen LogP contribution in [0.15, 0.2) is 18.2 Å². The van der Waals surface area contributed by atoms with Crippen molar-refractivity contribution in [3.63, 3.8) is 0 Å². The van der Waals surface area contributed by atoms with Crippen LogP contribution in [-0.4, -0.2) is 29.9 Å². The van der Waals surface area contributed by atoms with Crippen molar-refractivity contribution in [2.45, 2.75) is 53.0 Å². The molecule has 3 heteroatoms. The van der Waals surface area contributed by atoms with Crippen molar-refractivity contribution >= 4 is 11.6 Å². The van der Waals surface area contributed by atoms with Crippen LogP contribution in [0.2, 0.25) is 0 Å². The SMILES string of the molecule is CCCNc1ccc(C)cc1C(=O)N(CC1CC1)C(C)C. The first-order valence-electron chi connectivity index (χ1n) is 8.18. The summed E-state index contributed by atoms with van der Waals surface area (Å²) in [6.07, 6.45) is 3.59. The van der Waals surface area contributed by atoms with Crippen molar-refractivity contribution < 1.29 is 4.79 Å². The van der Waals surface area contributed by atoms with Gasteiger partial charge in [0.1, 0.15) is 0 Å². The predicted molar refractivity (Wildman–Crippen MR) is 88.9 cm³/mol. The molecule has 0 atom stereocenters. The van der Waals surface area contributed by atoms with E-state index in [1.54, 1.807) is 0 Å². The number of hydrogen-bond donors (Lipinski definition) is 1. The van der Waals surface area contributed by atoms with Gasteiger partial charge in [0, 0.05) is 24.8 Å². The summed E-state index contributed by atoms with van der Waals surface area (Å²) in [4.78, 5) is 15.0. The summed E-state index contributed by atoms with van der Waals surface area (Å²) in [5.41, 5.74) is 2.92. The van der Waals surface area contributed by atoms with E-state index in [-0.39, 0.29) is 11.9 Å². The fraction of sp³-hybridized carbons (Fsp3) is 0.611. The van der Waals surface area contributed by atoms with Crippen LogP contribution in [-0.2, 0) is 0 Å². The van der Waals surface area contributed by atoms with Crippen molar-refractivity contribution in [3.8, 4) is 0 Å². The molecule has 1 fully saturated rings. The van der Waals surface area contributed by atoms with Crippen LogP contribution in [0, 0.1) is 12.8 Å². The molecule has 116 valence electrons. The van der Waals surface area contributed by atoms with Crippen molar-refractivity contribution in [2.24, 2.45) is 5.92 Å². The monoisotopic (exact) mass is 288 g/mol. The molecule has 21 heavy (non-hydrogen) atoms. The highest BCUT2D eigenvalue weighted by atomic mass is 16.2. The Kier molecular flexibility index (Phi) is 5.27. The topological polar surface area (TPSA) is 32.3 Å². The van der Waals surface area contributed by atoms with E-state index < -0.39 is 0 Å². The first-order chi connectivity index (χ1) is 10.0. The molecular formula is C18H28N2O. The molecule has 1 saturated carbocycles. The van der Waals surface area contributed by atoms with Crippen LogP contribution in [0.3, 0.4) is 0 Å². The fourth-order valence-corrected chi connectivity index (χ4v) is 2.51. The Labute approximate surface area is 128 Å². The molecule has 0 radical (unpaired) electrons. The summed E-state index contributed by atoms with van der Waals surface area (Å²) in [6, 6.07) is 6.36. The van der Waals surface area contributed by atoms with E-state index in [0.29, 0.717) is 5.92 Å². The number of anilines is 1. The molecule has 1 amide bonds. The van der Waals surface area contributed by atoms with Gasteiger partial charge in [0.2, 0.25) is 0 Å². The Bertz CT molecular complexity index is 492. The highest BCUT2D eigenvalue weighted by Gasteiger charge is 2.29. The smallest absolute Gasteiger partial charge is 0.256 e. The maximum Gasteiger partial charge on any atom is 0.256 e. The van der Waals surface area contributed by atoms with E-state index >= 15 is 0 Å². The van der Waals surface area contributed by atoms with Crippen LogP contribution < -0.4 is 5.32 Å². The van der Waals surface area contributed by atoms with Gasteiger partial charge in [-0.25, -0.2) is 0 Å². The average Bonchev–Trinajstić information content (AvgIpc) is 3.26. The van der Waals surface area contributed by atoms with Gasteiger partial charge >= 0.3 is 0 Å². The molecule has 0 aromatic heterocycles. The van der Waals surface area contributed by atoms with Gasteiger partial charge in [0.25, 0.3) is 5.91 Å². The lowest BCUT2D eigenvalue weighted by molar-refractivity contribution is 0.0697. The normalized spacial score (nSPS) is 14.3. The summed E-state index contributed by atoms with van der Waals surface area (Å²) in [6.45, 7) is 10.2. The van der Waals surface area contributed by atoms with Gasteiger partial charge in [0.05, 0.1) is 5.56 Å². The number of nitrogens with zero attached hydrogens (tertiary/aromatic N) is 1. The van der Waals surface area contributed by atoms with Crippen LogP contribution in [0.4, 0.5) is 5.69 Å². The number of hydrogen-bond acceptors (Lipinski definition) is 2. The third-order valence-electron chi connectivity index (χ3n) is 4.01. The maximum atomic E-state index is 13.0. The Balaban J connectivity index is 2.23. The molecule has 0 heterocycles. The predicted octanol–water partition coefficient (Wildman–Crippen LogP) is 4.08. The van der Waals surface area contributed by atoms with Gasteiger partial charge in [-0.15, -0.1) is 0 Å². The molecule has 0 saturated heterocycles. The van der Waals surface area contributed by atoms with Gasteiger partial charge in [-0.2, -0.15) is 0 Å². The maximum absolute atomic E-state index is 13.0. The van der Waals surface area contributed by atoms with Gasteiger partial charge in [-0.05, 0) is 58.1 Å². The minimum absolute atomic E-state index is 0.166. The van der Waals surface area contributed by atoms with Crippen LogP contribution in [0.5, 0.6) is 0 Å². The first-order valence-corrected chi connectivity index (χ1v) is 8.18. The highest BCUT2D eigenvalue weighted by molar-refractivity contribution is 6.00. The zero-order valence-corrected chi connectivity index (χ0v) is 13.8. The molecule has 1 aromatic carbocycles. The summed E-state index contributed by atoms with van der Waals surface area (Å²) in [5.74, 6) is 0.882. The standard InChI is InChI=1S/C18H28N2O/c1-5-10-19-17-9-6-14(4)11-16(17)18(21)20(13(2)3)12-15-7-8-15/h6,9,11,13,15,19H,5,7-8,10,12H2,1-4H3. The largest absolute Gasteiger partial charge is 0.384 e. The lowest BCUT2D eigenvalue weighted by Crippen LogP contribution is -2.38. The Hall–Kier alpha value is -1.51. The summed E-state index contributed by atoms with van der Waals surface area (Å²) >= 11 is 0. The molecule has 0 bridgehead atoms. The molecule has 1 aliphatic carbocycles. The molecule has 1 N–H and O–H groups in total. The van der Waals surface area contributed by atoms with Crippen LogP contribution in [0.25, 0.3) is 0 Å². The van der Waals surface area contributed by atoms with Gasteiger partial charge in [0.15, 0.2) is 0 Å². The number of aryl methyl sites for hydroxylation is 1. The number of carbonyl (C=O) groups is 1. The Morgan fingerprint density at radius 3 is 2.67 bits per heavy atom. The Morgan fingerprint density at radius 2 is 2.10 bits per heavy atom. The minimum atomic E-state index is 0.166. The lowest BCUT2D eigenvalue weighted by atomic mass is 10.1. The lowest BCUT2D eigenvalue weighted by Gasteiger charge is -2.28. The number of rotatable bonds is 7.